The summed E-state index contributed by atoms with van der Waals surface area (Å²) in [6, 6.07) is 5.25. The zero-order chi connectivity index (χ0) is 12.0. The Bertz CT molecular complexity index is 541. The number of amides is 2. The Balaban J connectivity index is 1.81. The van der Waals surface area contributed by atoms with E-state index in [1.54, 1.807) is 12.1 Å². The van der Waals surface area contributed by atoms with Crippen LogP contribution in [0.3, 0.4) is 0 Å². The van der Waals surface area contributed by atoms with Gasteiger partial charge in [0, 0.05) is 6.20 Å². The topological polar surface area (TPSA) is 74.1 Å². The molecule has 3 rings (SSSR count). The van der Waals surface area contributed by atoms with Gasteiger partial charge in [0.1, 0.15) is 11.8 Å². The maximum absolute atomic E-state index is 11.7. The van der Waals surface area contributed by atoms with E-state index < -0.39 is 0 Å². The minimum absolute atomic E-state index is 0.0697. The molecule has 1 saturated heterocycles. The summed E-state index contributed by atoms with van der Waals surface area (Å²) in [6.07, 6.45) is 2.23. The van der Waals surface area contributed by atoms with E-state index in [0.29, 0.717) is 12.1 Å². The van der Waals surface area contributed by atoms with Gasteiger partial charge in [-0.2, -0.15) is 5.26 Å². The van der Waals surface area contributed by atoms with Crippen LogP contribution in [0.5, 0.6) is 0 Å². The van der Waals surface area contributed by atoms with Crippen molar-refractivity contribution >= 4 is 11.8 Å². The average Bonchev–Trinajstić information content (AvgIpc) is 3.10. The first-order valence-corrected chi connectivity index (χ1v) is 5.41. The highest BCUT2D eigenvalue weighted by Crippen LogP contribution is 2.47. The number of carbonyl (C=O) groups is 2. The molecule has 2 atom stereocenters. The number of pyridine rings is 1. The summed E-state index contributed by atoms with van der Waals surface area (Å²) in [5, 5.41) is 8.72. The molecule has 5 nitrogen and oxygen atoms in total. The zero-order valence-corrected chi connectivity index (χ0v) is 8.96. The van der Waals surface area contributed by atoms with E-state index in [4.69, 9.17) is 5.26 Å². The summed E-state index contributed by atoms with van der Waals surface area (Å²) >= 11 is 0. The lowest BCUT2D eigenvalue weighted by molar-refractivity contribution is -0.142. The number of aromatic nitrogens is 1. The molecule has 2 unspecified atom stereocenters. The average molecular weight is 227 g/mol. The van der Waals surface area contributed by atoms with Crippen molar-refractivity contribution in [2.24, 2.45) is 11.8 Å². The summed E-state index contributed by atoms with van der Waals surface area (Å²) < 4.78 is 0. The second-order valence-electron chi connectivity index (χ2n) is 4.37. The van der Waals surface area contributed by atoms with Crippen molar-refractivity contribution in [3.8, 4) is 6.07 Å². The van der Waals surface area contributed by atoms with Crippen molar-refractivity contribution in [2.45, 2.75) is 13.0 Å². The number of imide groups is 1. The molecular weight excluding hydrogens is 218 g/mol. The molecule has 0 N–H and O–H groups in total. The van der Waals surface area contributed by atoms with Gasteiger partial charge in [-0.25, -0.2) is 4.98 Å². The molecule has 0 spiro atoms. The highest BCUT2D eigenvalue weighted by molar-refractivity contribution is 6.08. The summed E-state index contributed by atoms with van der Waals surface area (Å²) in [5.74, 6) is -0.287. The van der Waals surface area contributed by atoms with E-state index in [0.717, 1.165) is 5.56 Å². The second kappa shape index (κ2) is 3.39. The van der Waals surface area contributed by atoms with Crippen molar-refractivity contribution in [2.75, 3.05) is 0 Å². The van der Waals surface area contributed by atoms with Crippen molar-refractivity contribution in [1.29, 1.82) is 5.26 Å². The molecule has 1 aliphatic heterocycles. The van der Waals surface area contributed by atoms with Gasteiger partial charge in [0.05, 0.1) is 18.4 Å². The van der Waals surface area contributed by atoms with Gasteiger partial charge in [-0.3, -0.25) is 14.5 Å². The first-order chi connectivity index (χ1) is 8.20. The molecule has 1 saturated carbocycles. The molecular formula is C12H9N3O2. The van der Waals surface area contributed by atoms with Gasteiger partial charge in [-0.1, -0.05) is 0 Å². The molecule has 2 aliphatic rings. The molecule has 0 aromatic carbocycles. The fraction of sp³-hybridized carbons (Fsp3) is 0.333. The van der Waals surface area contributed by atoms with Crippen LogP contribution in [0.15, 0.2) is 18.3 Å². The van der Waals surface area contributed by atoms with Crippen LogP contribution in [-0.2, 0) is 16.1 Å². The van der Waals surface area contributed by atoms with Crippen LogP contribution in [0.4, 0.5) is 0 Å². The van der Waals surface area contributed by atoms with Crippen molar-refractivity contribution in [3.63, 3.8) is 0 Å². The Morgan fingerprint density at radius 3 is 2.76 bits per heavy atom. The van der Waals surface area contributed by atoms with E-state index in [-0.39, 0.29) is 30.2 Å². The maximum atomic E-state index is 11.7. The van der Waals surface area contributed by atoms with Gasteiger partial charge in [0.15, 0.2) is 0 Å². The standard InChI is InChI=1S/C12H9N3O2/c13-5-8-3-7(1-2-14-8)6-15-11(16)9-4-10(9)12(15)17/h1-3,9-10H,4,6H2. The molecule has 0 bridgehead atoms. The molecule has 2 heterocycles. The molecule has 1 aromatic rings. The van der Waals surface area contributed by atoms with Crippen molar-refractivity contribution in [1.82, 2.24) is 9.88 Å². The van der Waals surface area contributed by atoms with Crippen LogP contribution in [-0.4, -0.2) is 21.7 Å². The second-order valence-corrected chi connectivity index (χ2v) is 4.37. The lowest BCUT2D eigenvalue weighted by Gasteiger charge is -2.16. The third kappa shape index (κ3) is 1.49. The van der Waals surface area contributed by atoms with Crippen LogP contribution < -0.4 is 0 Å². The SMILES string of the molecule is N#Cc1cc(CN2C(=O)C3CC3C2=O)ccn1. The third-order valence-electron chi connectivity index (χ3n) is 3.24. The Kier molecular flexibility index (Phi) is 1.99. The maximum Gasteiger partial charge on any atom is 0.233 e. The molecule has 0 radical (unpaired) electrons. The summed E-state index contributed by atoms with van der Waals surface area (Å²) in [6.45, 7) is 0.252. The third-order valence-corrected chi connectivity index (χ3v) is 3.24. The first kappa shape index (κ1) is 9.97. The van der Waals surface area contributed by atoms with E-state index in [1.807, 2.05) is 6.07 Å². The number of hydrogen-bond acceptors (Lipinski definition) is 4. The predicted molar refractivity (Wildman–Crippen MR) is 56.1 cm³/mol. The number of rotatable bonds is 2. The number of nitriles is 1. The molecule has 5 heteroatoms. The molecule has 84 valence electrons. The van der Waals surface area contributed by atoms with Crippen LogP contribution >= 0.6 is 0 Å². The zero-order valence-electron chi connectivity index (χ0n) is 8.96. The van der Waals surface area contributed by atoms with Gasteiger partial charge in [-0.05, 0) is 24.1 Å². The first-order valence-electron chi connectivity index (χ1n) is 5.41. The van der Waals surface area contributed by atoms with Gasteiger partial charge in [0.2, 0.25) is 11.8 Å². The number of carbonyl (C=O) groups excluding carboxylic acids is 2. The number of hydrogen-bond donors (Lipinski definition) is 0. The fourth-order valence-corrected chi connectivity index (χ4v) is 2.22. The van der Waals surface area contributed by atoms with Gasteiger partial charge in [-0.15, -0.1) is 0 Å². The number of likely N-dealkylation sites (tertiary alicyclic amines) is 1. The van der Waals surface area contributed by atoms with E-state index in [1.165, 1.54) is 11.1 Å². The highest BCUT2D eigenvalue weighted by atomic mass is 16.2. The number of nitrogens with zero attached hydrogens (tertiary/aromatic N) is 3. The van der Waals surface area contributed by atoms with Gasteiger partial charge < -0.3 is 0 Å². The number of fused-ring (bicyclic) bond motifs is 1. The lowest BCUT2D eigenvalue weighted by atomic mass is 10.2. The smallest absolute Gasteiger partial charge is 0.233 e. The molecule has 17 heavy (non-hydrogen) atoms. The predicted octanol–water partition coefficient (Wildman–Crippen LogP) is 0.458. The van der Waals surface area contributed by atoms with E-state index in [9.17, 15) is 9.59 Å². The monoisotopic (exact) mass is 227 g/mol. The Morgan fingerprint density at radius 1 is 1.41 bits per heavy atom. The molecule has 2 amide bonds. The van der Waals surface area contributed by atoms with Crippen LogP contribution in [0.1, 0.15) is 17.7 Å². The molecule has 1 aliphatic carbocycles. The van der Waals surface area contributed by atoms with Crippen molar-refractivity contribution < 1.29 is 9.59 Å². The largest absolute Gasteiger partial charge is 0.278 e. The Labute approximate surface area is 97.7 Å². The normalized spacial score (nSPS) is 25.7. The van der Waals surface area contributed by atoms with E-state index >= 15 is 0 Å². The summed E-state index contributed by atoms with van der Waals surface area (Å²) in [7, 11) is 0. The van der Waals surface area contributed by atoms with Crippen LogP contribution in [0.25, 0.3) is 0 Å². The van der Waals surface area contributed by atoms with Gasteiger partial charge in [0.25, 0.3) is 0 Å². The molecule has 1 aromatic heterocycles. The number of piperidine rings is 1. The lowest BCUT2D eigenvalue weighted by Crippen LogP contribution is -2.32. The summed E-state index contributed by atoms with van der Waals surface area (Å²) in [5.41, 5.74) is 1.06. The molecule has 2 fully saturated rings. The van der Waals surface area contributed by atoms with Crippen molar-refractivity contribution in [3.05, 3.63) is 29.6 Å². The Morgan fingerprint density at radius 2 is 2.12 bits per heavy atom. The fourth-order valence-electron chi connectivity index (χ4n) is 2.22. The summed E-state index contributed by atoms with van der Waals surface area (Å²) in [4.78, 5) is 28.6. The van der Waals surface area contributed by atoms with Crippen LogP contribution in [0, 0.1) is 23.2 Å². The quantitative estimate of drug-likeness (QED) is 0.688. The minimum atomic E-state index is -0.0738. The Hall–Kier alpha value is -2.22. The van der Waals surface area contributed by atoms with Crippen LogP contribution in [0.2, 0.25) is 0 Å². The minimum Gasteiger partial charge on any atom is -0.278 e. The van der Waals surface area contributed by atoms with Gasteiger partial charge >= 0.3 is 0 Å². The van der Waals surface area contributed by atoms with E-state index in [2.05, 4.69) is 4.98 Å². The highest BCUT2D eigenvalue weighted by Gasteiger charge is 2.58.